The number of hydrogen-bond donors (Lipinski definition) is 1. The van der Waals surface area contributed by atoms with Gasteiger partial charge in [-0.2, -0.15) is 0 Å². The van der Waals surface area contributed by atoms with E-state index in [1.54, 1.807) is 0 Å². The lowest BCUT2D eigenvalue weighted by Crippen LogP contribution is -2.49. The second-order valence-corrected chi connectivity index (χ2v) is 5.32. The van der Waals surface area contributed by atoms with Gasteiger partial charge in [0.1, 0.15) is 0 Å². The third-order valence-corrected chi connectivity index (χ3v) is 3.33. The molecule has 1 aromatic rings. The first-order chi connectivity index (χ1) is 7.10. The summed E-state index contributed by atoms with van der Waals surface area (Å²) >= 11 is 9.48. The highest BCUT2D eigenvalue weighted by atomic mass is 79.9. The molecule has 1 heterocycles. The van der Waals surface area contributed by atoms with Gasteiger partial charge in [-0.3, -0.25) is 0 Å². The Morgan fingerprint density at radius 1 is 1.47 bits per heavy atom. The highest BCUT2D eigenvalue weighted by Gasteiger charge is 2.29. The van der Waals surface area contributed by atoms with Gasteiger partial charge in [-0.15, -0.1) is 0 Å². The molecule has 0 amide bonds. The van der Waals surface area contributed by atoms with Crippen LogP contribution >= 0.6 is 27.5 Å². The topological polar surface area (TPSA) is 21.3 Å². The largest absolute Gasteiger partial charge is 0.378 e. The molecule has 1 N–H and O–H groups in total. The maximum Gasteiger partial charge on any atom is 0.0688 e. The van der Waals surface area contributed by atoms with Gasteiger partial charge in [0.15, 0.2) is 0 Å². The molecule has 1 aliphatic heterocycles. The van der Waals surface area contributed by atoms with Crippen molar-refractivity contribution in [2.24, 2.45) is 0 Å². The minimum Gasteiger partial charge on any atom is -0.378 e. The van der Waals surface area contributed by atoms with Crippen molar-refractivity contribution in [3.63, 3.8) is 0 Å². The predicted octanol–water partition coefficient (Wildman–Crippen LogP) is 2.94. The molecule has 0 saturated carbocycles. The second-order valence-electron chi connectivity index (χ2n) is 3.97. The second kappa shape index (κ2) is 4.42. The highest BCUT2D eigenvalue weighted by Crippen LogP contribution is 2.29. The Bertz CT molecular complexity index is 343. The van der Waals surface area contributed by atoms with E-state index in [1.165, 1.54) is 0 Å². The van der Waals surface area contributed by atoms with E-state index >= 15 is 0 Å². The normalized spacial score (nSPS) is 26.6. The fraction of sp³-hybridized carbons (Fsp3) is 0.455. The maximum absolute atomic E-state index is 6.03. The van der Waals surface area contributed by atoms with E-state index in [0.717, 1.165) is 28.2 Å². The molecular weight excluding hydrogens is 277 g/mol. The monoisotopic (exact) mass is 289 g/mol. The molecule has 0 aliphatic carbocycles. The van der Waals surface area contributed by atoms with E-state index < -0.39 is 0 Å². The summed E-state index contributed by atoms with van der Waals surface area (Å²) in [6.45, 7) is 4.46. The molecule has 0 spiro atoms. The molecule has 2 nitrogen and oxygen atoms in total. The van der Waals surface area contributed by atoms with Crippen molar-refractivity contribution < 1.29 is 4.74 Å². The minimum atomic E-state index is -0.133. The summed E-state index contributed by atoms with van der Waals surface area (Å²) in [5.41, 5.74) is 1.02. The number of rotatable bonds is 1. The molecule has 1 aromatic carbocycles. The van der Waals surface area contributed by atoms with Crippen molar-refractivity contribution in [2.45, 2.75) is 12.5 Å². The fourth-order valence-corrected chi connectivity index (χ4v) is 2.64. The van der Waals surface area contributed by atoms with E-state index in [0.29, 0.717) is 6.61 Å². The van der Waals surface area contributed by atoms with Crippen LogP contribution in [0.4, 0.5) is 0 Å². The number of hydrogen-bond acceptors (Lipinski definition) is 2. The standard InChI is InChI=1S/C11H13BrClNO/c1-11(7-15-3-2-14-11)8-4-9(12)6-10(13)5-8/h4-6,14H,2-3,7H2,1H3. The summed E-state index contributed by atoms with van der Waals surface area (Å²) in [7, 11) is 0. The van der Waals surface area contributed by atoms with Gasteiger partial charge in [-0.05, 0) is 30.7 Å². The summed E-state index contributed by atoms with van der Waals surface area (Å²) < 4.78 is 6.50. The first kappa shape index (κ1) is 11.4. The molecule has 4 heteroatoms. The fourth-order valence-electron chi connectivity index (χ4n) is 1.78. The van der Waals surface area contributed by atoms with Crippen LogP contribution in [0.15, 0.2) is 22.7 Å². The molecule has 82 valence electrons. The van der Waals surface area contributed by atoms with E-state index in [1.807, 2.05) is 12.1 Å². The molecule has 0 radical (unpaired) electrons. The van der Waals surface area contributed by atoms with E-state index in [9.17, 15) is 0 Å². The zero-order chi connectivity index (χ0) is 10.9. The zero-order valence-electron chi connectivity index (χ0n) is 8.52. The van der Waals surface area contributed by atoms with Gasteiger partial charge < -0.3 is 10.1 Å². The lowest BCUT2D eigenvalue weighted by molar-refractivity contribution is 0.0339. The summed E-state index contributed by atoms with van der Waals surface area (Å²) in [6, 6.07) is 5.94. The number of benzene rings is 1. The van der Waals surface area contributed by atoms with Gasteiger partial charge in [0, 0.05) is 16.0 Å². The van der Waals surface area contributed by atoms with Gasteiger partial charge in [0.2, 0.25) is 0 Å². The van der Waals surface area contributed by atoms with E-state index in [4.69, 9.17) is 16.3 Å². The molecule has 0 bridgehead atoms. The van der Waals surface area contributed by atoms with Crippen molar-refractivity contribution in [3.05, 3.63) is 33.3 Å². The van der Waals surface area contributed by atoms with Crippen LogP contribution in [-0.2, 0) is 10.3 Å². The van der Waals surface area contributed by atoms with Gasteiger partial charge in [0.25, 0.3) is 0 Å². The Morgan fingerprint density at radius 2 is 2.27 bits per heavy atom. The van der Waals surface area contributed by atoms with Crippen LogP contribution in [0.5, 0.6) is 0 Å². The van der Waals surface area contributed by atoms with Gasteiger partial charge in [0.05, 0.1) is 18.8 Å². The molecule has 15 heavy (non-hydrogen) atoms. The summed E-state index contributed by atoms with van der Waals surface area (Å²) in [4.78, 5) is 0. The molecular formula is C11H13BrClNO. The molecule has 1 saturated heterocycles. The first-order valence-electron chi connectivity index (χ1n) is 4.89. The summed E-state index contributed by atoms with van der Waals surface area (Å²) in [5, 5.41) is 4.21. The molecule has 1 atom stereocenters. The molecule has 1 fully saturated rings. The van der Waals surface area contributed by atoms with Crippen molar-refractivity contribution in [2.75, 3.05) is 19.8 Å². The SMILES string of the molecule is CC1(c2cc(Cl)cc(Br)c2)COCCN1. The first-order valence-corrected chi connectivity index (χ1v) is 6.07. The Labute approximate surface area is 103 Å². The lowest BCUT2D eigenvalue weighted by Gasteiger charge is -2.35. The van der Waals surface area contributed by atoms with Crippen molar-refractivity contribution in [3.8, 4) is 0 Å². The van der Waals surface area contributed by atoms with Gasteiger partial charge in [-0.25, -0.2) is 0 Å². The zero-order valence-corrected chi connectivity index (χ0v) is 10.9. The average Bonchev–Trinajstić information content (AvgIpc) is 2.17. The molecule has 0 aromatic heterocycles. The Morgan fingerprint density at radius 3 is 2.87 bits per heavy atom. The summed E-state index contributed by atoms with van der Waals surface area (Å²) in [5.74, 6) is 0. The third-order valence-electron chi connectivity index (χ3n) is 2.65. The van der Waals surface area contributed by atoms with Crippen LogP contribution in [-0.4, -0.2) is 19.8 Å². The minimum absolute atomic E-state index is 0.133. The van der Waals surface area contributed by atoms with Crippen molar-refractivity contribution >= 4 is 27.5 Å². The average molecular weight is 291 g/mol. The van der Waals surface area contributed by atoms with Crippen LogP contribution in [0.3, 0.4) is 0 Å². The van der Waals surface area contributed by atoms with Crippen LogP contribution < -0.4 is 5.32 Å². The van der Waals surface area contributed by atoms with Crippen LogP contribution in [0, 0.1) is 0 Å². The molecule has 2 rings (SSSR count). The van der Waals surface area contributed by atoms with Crippen molar-refractivity contribution in [1.82, 2.24) is 5.32 Å². The quantitative estimate of drug-likeness (QED) is 0.858. The Kier molecular flexibility index (Phi) is 3.36. The van der Waals surface area contributed by atoms with E-state index in [-0.39, 0.29) is 5.54 Å². The number of ether oxygens (including phenoxy) is 1. The van der Waals surface area contributed by atoms with Crippen LogP contribution in [0.2, 0.25) is 5.02 Å². The van der Waals surface area contributed by atoms with Gasteiger partial charge >= 0.3 is 0 Å². The van der Waals surface area contributed by atoms with Crippen LogP contribution in [0.25, 0.3) is 0 Å². The number of halogens is 2. The highest BCUT2D eigenvalue weighted by molar-refractivity contribution is 9.10. The third kappa shape index (κ3) is 2.53. The predicted molar refractivity (Wildman–Crippen MR) is 65.3 cm³/mol. The molecule has 1 unspecified atom stereocenters. The molecule has 1 aliphatic rings. The van der Waals surface area contributed by atoms with Gasteiger partial charge in [-0.1, -0.05) is 27.5 Å². The Hall–Kier alpha value is -0.0900. The smallest absolute Gasteiger partial charge is 0.0688 e. The van der Waals surface area contributed by atoms with Crippen LogP contribution in [0.1, 0.15) is 12.5 Å². The summed E-state index contributed by atoms with van der Waals surface area (Å²) in [6.07, 6.45) is 0. The Balaban J connectivity index is 2.34. The lowest BCUT2D eigenvalue weighted by atomic mass is 9.92. The number of nitrogens with one attached hydrogen (secondary N) is 1. The maximum atomic E-state index is 6.03. The van der Waals surface area contributed by atoms with Crippen molar-refractivity contribution in [1.29, 1.82) is 0 Å². The number of morpholine rings is 1. The van der Waals surface area contributed by atoms with E-state index in [2.05, 4.69) is 34.2 Å².